The number of hydrogen-bond donors (Lipinski definition) is 2. The van der Waals surface area contributed by atoms with Crippen molar-refractivity contribution in [2.24, 2.45) is 5.92 Å². The van der Waals surface area contributed by atoms with E-state index in [4.69, 9.17) is 0 Å². The molecule has 0 unspecified atom stereocenters. The lowest BCUT2D eigenvalue weighted by Crippen LogP contribution is -2.40. The van der Waals surface area contributed by atoms with Crippen molar-refractivity contribution in [3.63, 3.8) is 0 Å². The Morgan fingerprint density at radius 3 is 2.50 bits per heavy atom. The molecule has 6 nitrogen and oxygen atoms in total. The van der Waals surface area contributed by atoms with E-state index in [0.29, 0.717) is 18.8 Å². The van der Waals surface area contributed by atoms with E-state index < -0.39 is 12.0 Å². The number of rotatable bonds is 10. The molecule has 1 aromatic rings. The van der Waals surface area contributed by atoms with Gasteiger partial charge in [-0.3, -0.25) is 9.48 Å². The zero-order valence-electron chi connectivity index (χ0n) is 15.6. The van der Waals surface area contributed by atoms with Gasteiger partial charge in [0, 0.05) is 18.7 Å². The fourth-order valence-electron chi connectivity index (χ4n) is 2.79. The van der Waals surface area contributed by atoms with Gasteiger partial charge in [0.25, 0.3) is 0 Å². The quantitative estimate of drug-likeness (QED) is 0.687. The number of amides is 1. The topological polar surface area (TPSA) is 84.2 Å². The average Bonchev–Trinajstić information content (AvgIpc) is 2.74. The first kappa shape index (κ1) is 20.2. The standard InChI is InChI=1S/C18H31N3O3/c1-6-7-8-16(18(23)24)19-17(22)10-9-15-13(4)20-21(14(15)5)11-12(2)3/h12,16H,6-11H2,1-5H3,(H,19,22)(H,23,24)/t16-/m0/s1. The van der Waals surface area contributed by atoms with Gasteiger partial charge >= 0.3 is 5.97 Å². The largest absolute Gasteiger partial charge is 0.480 e. The van der Waals surface area contributed by atoms with Gasteiger partial charge in [-0.15, -0.1) is 0 Å². The highest BCUT2D eigenvalue weighted by Gasteiger charge is 2.20. The first-order valence-corrected chi connectivity index (χ1v) is 8.81. The molecule has 0 aliphatic heterocycles. The van der Waals surface area contributed by atoms with E-state index in [1.807, 2.05) is 25.5 Å². The first-order chi connectivity index (χ1) is 11.3. The van der Waals surface area contributed by atoms with Crippen molar-refractivity contribution in [2.45, 2.75) is 79.3 Å². The summed E-state index contributed by atoms with van der Waals surface area (Å²) in [6.45, 7) is 11.1. The molecule has 0 spiro atoms. The molecule has 0 aliphatic carbocycles. The summed E-state index contributed by atoms with van der Waals surface area (Å²) in [5.41, 5.74) is 3.13. The summed E-state index contributed by atoms with van der Waals surface area (Å²) in [6, 6.07) is -0.789. The minimum Gasteiger partial charge on any atom is -0.480 e. The van der Waals surface area contributed by atoms with Crippen LogP contribution in [-0.2, 0) is 22.6 Å². The lowest BCUT2D eigenvalue weighted by molar-refractivity contribution is -0.142. The number of aromatic nitrogens is 2. The number of carboxylic acid groups (broad SMARTS) is 1. The van der Waals surface area contributed by atoms with Crippen LogP contribution in [0, 0.1) is 19.8 Å². The Hall–Kier alpha value is -1.85. The maximum atomic E-state index is 12.1. The number of unbranched alkanes of at least 4 members (excludes halogenated alkanes) is 1. The lowest BCUT2D eigenvalue weighted by atomic mass is 10.1. The highest BCUT2D eigenvalue weighted by atomic mass is 16.4. The summed E-state index contributed by atoms with van der Waals surface area (Å²) in [6.07, 6.45) is 3.04. The molecule has 0 aromatic carbocycles. The smallest absolute Gasteiger partial charge is 0.326 e. The predicted molar refractivity (Wildman–Crippen MR) is 94.0 cm³/mol. The molecule has 1 amide bonds. The summed E-state index contributed by atoms with van der Waals surface area (Å²) in [7, 11) is 0. The molecular weight excluding hydrogens is 306 g/mol. The van der Waals surface area contributed by atoms with Crippen LogP contribution in [-0.4, -0.2) is 32.8 Å². The van der Waals surface area contributed by atoms with Crippen molar-refractivity contribution < 1.29 is 14.7 Å². The fraction of sp³-hybridized carbons (Fsp3) is 0.722. The average molecular weight is 337 g/mol. The Kier molecular flexibility index (Phi) is 7.95. The molecule has 0 bridgehead atoms. The van der Waals surface area contributed by atoms with Crippen molar-refractivity contribution in [3.05, 3.63) is 17.0 Å². The summed E-state index contributed by atoms with van der Waals surface area (Å²) >= 11 is 0. The van der Waals surface area contributed by atoms with Crippen LogP contribution in [0.4, 0.5) is 0 Å². The predicted octanol–water partition coefficient (Wildman–Crippen LogP) is 2.85. The number of aryl methyl sites for hydroxylation is 1. The van der Waals surface area contributed by atoms with Crippen LogP contribution < -0.4 is 5.32 Å². The maximum Gasteiger partial charge on any atom is 0.326 e. The van der Waals surface area contributed by atoms with Crippen LogP contribution in [0.25, 0.3) is 0 Å². The van der Waals surface area contributed by atoms with Gasteiger partial charge in [0.1, 0.15) is 6.04 Å². The molecule has 1 rings (SSSR count). The summed E-state index contributed by atoms with van der Waals surface area (Å²) in [5.74, 6) is -0.670. The van der Waals surface area contributed by atoms with Gasteiger partial charge in [-0.2, -0.15) is 5.10 Å². The number of nitrogens with one attached hydrogen (secondary N) is 1. The van der Waals surface area contributed by atoms with Gasteiger partial charge in [0.2, 0.25) is 5.91 Å². The molecule has 0 aliphatic rings. The van der Waals surface area contributed by atoms with Crippen molar-refractivity contribution in [1.29, 1.82) is 0 Å². The molecule has 1 heterocycles. The molecule has 0 saturated heterocycles. The van der Waals surface area contributed by atoms with Crippen LogP contribution in [0.5, 0.6) is 0 Å². The van der Waals surface area contributed by atoms with Crippen LogP contribution in [0.2, 0.25) is 0 Å². The number of aliphatic carboxylic acids is 1. The molecule has 1 aromatic heterocycles. The van der Waals surface area contributed by atoms with Gasteiger partial charge in [-0.1, -0.05) is 33.6 Å². The second-order valence-electron chi connectivity index (χ2n) is 6.83. The van der Waals surface area contributed by atoms with Gasteiger partial charge in [-0.05, 0) is 38.2 Å². The van der Waals surface area contributed by atoms with E-state index in [0.717, 1.165) is 36.3 Å². The number of carboxylic acids is 1. The Morgan fingerprint density at radius 1 is 1.29 bits per heavy atom. The monoisotopic (exact) mass is 337 g/mol. The van der Waals surface area contributed by atoms with E-state index in [2.05, 4.69) is 24.3 Å². The minimum atomic E-state index is -0.964. The molecule has 0 radical (unpaired) electrons. The lowest BCUT2D eigenvalue weighted by Gasteiger charge is -2.14. The molecular formula is C18H31N3O3. The molecule has 0 fully saturated rings. The third-order valence-electron chi connectivity index (χ3n) is 4.15. The minimum absolute atomic E-state index is 0.214. The van der Waals surface area contributed by atoms with E-state index in [9.17, 15) is 14.7 Å². The van der Waals surface area contributed by atoms with Crippen LogP contribution in [0.1, 0.15) is 63.4 Å². The van der Waals surface area contributed by atoms with Crippen LogP contribution in [0.15, 0.2) is 0 Å². The normalized spacial score (nSPS) is 12.4. The molecule has 6 heteroatoms. The Balaban J connectivity index is 2.63. The van der Waals surface area contributed by atoms with Gasteiger partial charge < -0.3 is 10.4 Å². The summed E-state index contributed by atoms with van der Waals surface area (Å²) in [4.78, 5) is 23.3. The highest BCUT2D eigenvalue weighted by molar-refractivity contribution is 5.83. The van der Waals surface area contributed by atoms with Crippen LogP contribution in [0.3, 0.4) is 0 Å². The molecule has 1 atom stereocenters. The van der Waals surface area contributed by atoms with E-state index in [1.54, 1.807) is 0 Å². The summed E-state index contributed by atoms with van der Waals surface area (Å²) in [5, 5.41) is 16.4. The Labute approximate surface area is 144 Å². The molecule has 136 valence electrons. The van der Waals surface area contributed by atoms with Gasteiger partial charge in [-0.25, -0.2) is 4.79 Å². The van der Waals surface area contributed by atoms with Crippen molar-refractivity contribution in [2.75, 3.05) is 0 Å². The van der Waals surface area contributed by atoms with Gasteiger partial charge in [0.05, 0.1) is 5.69 Å². The number of carbonyl (C=O) groups is 2. The van der Waals surface area contributed by atoms with E-state index in [1.165, 1.54) is 0 Å². The van der Waals surface area contributed by atoms with Crippen molar-refractivity contribution >= 4 is 11.9 Å². The third-order valence-corrected chi connectivity index (χ3v) is 4.15. The second kappa shape index (κ2) is 9.45. The number of carbonyl (C=O) groups excluding carboxylic acids is 1. The zero-order chi connectivity index (χ0) is 18.3. The zero-order valence-corrected chi connectivity index (χ0v) is 15.6. The molecule has 2 N–H and O–H groups in total. The van der Waals surface area contributed by atoms with Crippen LogP contribution >= 0.6 is 0 Å². The Bertz CT molecular complexity index is 564. The first-order valence-electron chi connectivity index (χ1n) is 8.81. The fourth-order valence-corrected chi connectivity index (χ4v) is 2.79. The molecule has 24 heavy (non-hydrogen) atoms. The van der Waals surface area contributed by atoms with Crippen molar-refractivity contribution in [1.82, 2.24) is 15.1 Å². The van der Waals surface area contributed by atoms with E-state index in [-0.39, 0.29) is 12.3 Å². The van der Waals surface area contributed by atoms with Crippen molar-refractivity contribution in [3.8, 4) is 0 Å². The number of hydrogen-bond acceptors (Lipinski definition) is 3. The number of nitrogens with zero attached hydrogens (tertiary/aromatic N) is 2. The molecule has 0 saturated carbocycles. The third kappa shape index (κ3) is 5.98. The van der Waals surface area contributed by atoms with Gasteiger partial charge in [0.15, 0.2) is 0 Å². The summed E-state index contributed by atoms with van der Waals surface area (Å²) < 4.78 is 1.99. The highest BCUT2D eigenvalue weighted by Crippen LogP contribution is 2.16. The second-order valence-corrected chi connectivity index (χ2v) is 6.83. The maximum absolute atomic E-state index is 12.1. The SMILES string of the molecule is CCCC[C@H](NC(=O)CCc1c(C)nn(CC(C)C)c1C)C(=O)O. The Morgan fingerprint density at radius 2 is 1.96 bits per heavy atom. The van der Waals surface area contributed by atoms with E-state index >= 15 is 0 Å².